The first-order valence-electron chi connectivity index (χ1n) is 10.8. The van der Waals surface area contributed by atoms with E-state index >= 15 is 0 Å². The zero-order valence-electron chi connectivity index (χ0n) is 17.6. The van der Waals surface area contributed by atoms with Gasteiger partial charge in [-0.05, 0) is 30.0 Å². The van der Waals surface area contributed by atoms with Gasteiger partial charge in [0.25, 0.3) is 0 Å². The van der Waals surface area contributed by atoms with Crippen molar-refractivity contribution in [2.75, 3.05) is 33.4 Å². The molecule has 5 nitrogen and oxygen atoms in total. The second kappa shape index (κ2) is 9.92. The third-order valence-electron chi connectivity index (χ3n) is 5.83. The van der Waals surface area contributed by atoms with Crippen molar-refractivity contribution >= 4 is 16.8 Å². The number of rotatable bonds is 8. The van der Waals surface area contributed by atoms with Crippen molar-refractivity contribution in [2.24, 2.45) is 0 Å². The predicted octanol–water partition coefficient (Wildman–Crippen LogP) is 4.21. The SMILES string of the molecule is COCCn1cc(CCCC(=O)N2CCO[C@@H](c3ccccc3)C2)c2ccccc21. The maximum atomic E-state index is 12.8. The summed E-state index contributed by atoms with van der Waals surface area (Å²) in [4.78, 5) is 14.8. The summed E-state index contributed by atoms with van der Waals surface area (Å²) in [6.07, 6.45) is 4.51. The van der Waals surface area contributed by atoms with Crippen LogP contribution in [0.25, 0.3) is 10.9 Å². The Labute approximate surface area is 178 Å². The molecule has 1 atom stereocenters. The Morgan fingerprint density at radius 2 is 1.93 bits per heavy atom. The van der Waals surface area contributed by atoms with Gasteiger partial charge in [-0.2, -0.15) is 0 Å². The van der Waals surface area contributed by atoms with Crippen LogP contribution < -0.4 is 0 Å². The van der Waals surface area contributed by atoms with Crippen LogP contribution in [0.1, 0.15) is 30.1 Å². The van der Waals surface area contributed by atoms with Crippen molar-refractivity contribution in [1.29, 1.82) is 0 Å². The van der Waals surface area contributed by atoms with Gasteiger partial charge in [0, 0.05) is 43.7 Å². The van der Waals surface area contributed by atoms with Crippen molar-refractivity contribution in [3.05, 3.63) is 71.9 Å². The smallest absolute Gasteiger partial charge is 0.222 e. The van der Waals surface area contributed by atoms with E-state index in [0.717, 1.165) is 24.9 Å². The molecule has 0 bridgehead atoms. The summed E-state index contributed by atoms with van der Waals surface area (Å²) in [5, 5.41) is 1.27. The molecule has 3 aromatic rings. The fourth-order valence-electron chi connectivity index (χ4n) is 4.23. The number of carbonyl (C=O) groups is 1. The number of fused-ring (bicyclic) bond motifs is 1. The first kappa shape index (κ1) is 20.6. The third kappa shape index (κ3) is 4.74. The molecule has 2 aromatic carbocycles. The predicted molar refractivity (Wildman–Crippen MR) is 118 cm³/mol. The van der Waals surface area contributed by atoms with E-state index in [1.165, 1.54) is 16.5 Å². The van der Waals surface area contributed by atoms with Crippen molar-refractivity contribution < 1.29 is 14.3 Å². The van der Waals surface area contributed by atoms with Gasteiger partial charge >= 0.3 is 0 Å². The van der Waals surface area contributed by atoms with Gasteiger partial charge in [0.05, 0.1) is 19.8 Å². The normalized spacial score (nSPS) is 16.8. The minimum Gasteiger partial charge on any atom is -0.383 e. The molecule has 4 rings (SSSR count). The Morgan fingerprint density at radius 3 is 2.77 bits per heavy atom. The number of morpholine rings is 1. The molecule has 1 fully saturated rings. The molecule has 5 heteroatoms. The summed E-state index contributed by atoms with van der Waals surface area (Å²) in [5.41, 5.74) is 3.67. The number of hydrogen-bond donors (Lipinski definition) is 0. The number of methoxy groups -OCH3 is 1. The topological polar surface area (TPSA) is 43.7 Å². The molecule has 158 valence electrons. The number of carbonyl (C=O) groups excluding carboxylic acids is 1. The zero-order valence-corrected chi connectivity index (χ0v) is 17.6. The highest BCUT2D eigenvalue weighted by molar-refractivity contribution is 5.84. The number of aryl methyl sites for hydroxylation is 1. The van der Waals surface area contributed by atoms with Crippen LogP contribution in [-0.4, -0.2) is 48.8 Å². The van der Waals surface area contributed by atoms with Gasteiger partial charge in [0.1, 0.15) is 6.10 Å². The van der Waals surface area contributed by atoms with E-state index in [1.54, 1.807) is 7.11 Å². The summed E-state index contributed by atoms with van der Waals surface area (Å²) < 4.78 is 13.4. The molecule has 1 saturated heterocycles. The van der Waals surface area contributed by atoms with E-state index in [9.17, 15) is 4.79 Å². The van der Waals surface area contributed by atoms with Crippen molar-refractivity contribution in [3.8, 4) is 0 Å². The van der Waals surface area contributed by atoms with Crippen molar-refractivity contribution in [2.45, 2.75) is 31.9 Å². The van der Waals surface area contributed by atoms with Gasteiger partial charge in [-0.3, -0.25) is 4.79 Å². The molecule has 2 heterocycles. The highest BCUT2D eigenvalue weighted by atomic mass is 16.5. The van der Waals surface area contributed by atoms with E-state index in [-0.39, 0.29) is 12.0 Å². The molecule has 1 aliphatic rings. The molecule has 0 radical (unpaired) electrons. The first-order chi connectivity index (χ1) is 14.8. The monoisotopic (exact) mass is 406 g/mol. The van der Waals surface area contributed by atoms with Gasteiger partial charge in [0.15, 0.2) is 0 Å². The quantitative estimate of drug-likeness (QED) is 0.563. The number of para-hydroxylation sites is 1. The van der Waals surface area contributed by atoms with Gasteiger partial charge in [-0.25, -0.2) is 0 Å². The van der Waals surface area contributed by atoms with Crippen LogP contribution in [-0.2, 0) is 27.2 Å². The van der Waals surface area contributed by atoms with E-state index in [0.29, 0.717) is 32.7 Å². The minimum absolute atomic E-state index is 0.0253. The molecule has 0 saturated carbocycles. The molecule has 0 N–H and O–H groups in total. The van der Waals surface area contributed by atoms with Gasteiger partial charge in [-0.15, -0.1) is 0 Å². The van der Waals surface area contributed by atoms with Gasteiger partial charge in [0.2, 0.25) is 5.91 Å². The summed E-state index contributed by atoms with van der Waals surface area (Å²) in [6, 6.07) is 18.6. The average molecular weight is 407 g/mol. The maximum absolute atomic E-state index is 12.8. The largest absolute Gasteiger partial charge is 0.383 e. The Kier molecular flexibility index (Phi) is 6.82. The molecule has 1 aliphatic heterocycles. The summed E-state index contributed by atoms with van der Waals surface area (Å²) in [6.45, 7) is 3.44. The second-order valence-electron chi connectivity index (χ2n) is 7.82. The molecule has 1 amide bonds. The summed E-state index contributed by atoms with van der Waals surface area (Å²) >= 11 is 0. The minimum atomic E-state index is -0.0253. The Balaban J connectivity index is 1.34. The number of ether oxygens (including phenoxy) is 2. The fraction of sp³-hybridized carbons (Fsp3) is 0.400. The van der Waals surface area contributed by atoms with Crippen LogP contribution in [0.15, 0.2) is 60.8 Å². The standard InChI is InChI=1S/C25H30N2O3/c1-29-16-14-26-18-21(22-11-5-6-12-23(22)26)10-7-13-25(28)27-15-17-30-24(19-27)20-8-3-2-4-9-20/h2-6,8-9,11-12,18,24H,7,10,13-17,19H2,1H3/t24-/m1/s1. The molecule has 0 unspecified atom stereocenters. The average Bonchev–Trinajstić information content (AvgIpc) is 3.16. The Hall–Kier alpha value is -2.63. The lowest BCUT2D eigenvalue weighted by Crippen LogP contribution is -2.42. The molecule has 1 aromatic heterocycles. The van der Waals surface area contributed by atoms with Crippen LogP contribution in [0.4, 0.5) is 0 Å². The molecule has 0 spiro atoms. The second-order valence-corrected chi connectivity index (χ2v) is 7.82. The number of amides is 1. The van der Waals surface area contributed by atoms with E-state index in [1.807, 2.05) is 23.1 Å². The van der Waals surface area contributed by atoms with Crippen LogP contribution in [0.2, 0.25) is 0 Å². The molecular formula is C25H30N2O3. The molecular weight excluding hydrogens is 376 g/mol. The maximum Gasteiger partial charge on any atom is 0.222 e. The molecule has 0 aliphatic carbocycles. The van der Waals surface area contributed by atoms with Gasteiger partial charge < -0.3 is 18.9 Å². The zero-order chi connectivity index (χ0) is 20.8. The van der Waals surface area contributed by atoms with Crippen molar-refractivity contribution in [1.82, 2.24) is 9.47 Å². The number of hydrogen-bond acceptors (Lipinski definition) is 3. The Bertz CT molecular complexity index is 967. The number of nitrogens with zero attached hydrogens (tertiary/aromatic N) is 2. The molecule has 30 heavy (non-hydrogen) atoms. The first-order valence-corrected chi connectivity index (χ1v) is 10.8. The van der Waals surface area contributed by atoms with Crippen LogP contribution in [0.5, 0.6) is 0 Å². The summed E-state index contributed by atoms with van der Waals surface area (Å²) in [5.74, 6) is 0.224. The highest BCUT2D eigenvalue weighted by Gasteiger charge is 2.25. The van der Waals surface area contributed by atoms with E-state index in [2.05, 4.69) is 47.2 Å². The lowest BCUT2D eigenvalue weighted by Gasteiger charge is -2.33. The lowest BCUT2D eigenvalue weighted by molar-refractivity contribution is -0.139. The number of aromatic nitrogens is 1. The van der Waals surface area contributed by atoms with Gasteiger partial charge in [-0.1, -0.05) is 48.5 Å². The van der Waals surface area contributed by atoms with Crippen LogP contribution in [0, 0.1) is 0 Å². The lowest BCUT2D eigenvalue weighted by atomic mass is 10.1. The number of benzene rings is 2. The highest BCUT2D eigenvalue weighted by Crippen LogP contribution is 2.25. The summed E-state index contributed by atoms with van der Waals surface area (Å²) in [7, 11) is 1.73. The van der Waals surface area contributed by atoms with Crippen molar-refractivity contribution in [3.63, 3.8) is 0 Å². The van der Waals surface area contributed by atoms with Crippen LogP contribution in [0.3, 0.4) is 0 Å². The Morgan fingerprint density at radius 1 is 1.13 bits per heavy atom. The van der Waals surface area contributed by atoms with E-state index in [4.69, 9.17) is 9.47 Å². The fourth-order valence-corrected chi connectivity index (χ4v) is 4.23. The van der Waals surface area contributed by atoms with E-state index < -0.39 is 0 Å². The van der Waals surface area contributed by atoms with Crippen LogP contribution >= 0.6 is 0 Å². The third-order valence-corrected chi connectivity index (χ3v) is 5.83.